The van der Waals surface area contributed by atoms with E-state index >= 15 is 0 Å². The second-order valence-corrected chi connectivity index (χ2v) is 3.79. The average Bonchev–Trinajstić information content (AvgIpc) is 2.28. The number of amides is 1. The average molecular weight is 236 g/mol. The van der Waals surface area contributed by atoms with E-state index in [2.05, 4.69) is 5.32 Å². The molecule has 1 aromatic carbocycles. The summed E-state index contributed by atoms with van der Waals surface area (Å²) < 4.78 is 5.18. The lowest BCUT2D eigenvalue weighted by molar-refractivity contribution is -0.113. The largest absolute Gasteiger partial charge is 0.477 e. The van der Waals surface area contributed by atoms with Crippen LogP contribution in [0.15, 0.2) is 24.3 Å². The number of ether oxygens (including phenoxy) is 1. The van der Waals surface area contributed by atoms with E-state index in [1.165, 1.54) is 11.8 Å². The molecule has 0 heterocycles. The van der Waals surface area contributed by atoms with Crippen molar-refractivity contribution in [3.05, 3.63) is 24.3 Å². The number of nitrogens with zero attached hydrogens (tertiary/aromatic N) is 1. The van der Waals surface area contributed by atoms with E-state index in [1.54, 1.807) is 24.3 Å². The molecule has 1 N–H and O–H groups in total. The van der Waals surface area contributed by atoms with E-state index in [-0.39, 0.29) is 12.5 Å². The number of para-hydroxylation sites is 2. The van der Waals surface area contributed by atoms with Crippen LogP contribution < -0.4 is 10.1 Å². The zero-order valence-electron chi connectivity index (χ0n) is 8.90. The third-order valence-corrected chi connectivity index (χ3v) is 2.28. The fraction of sp³-hybridized carbons (Fsp3) is 0.273. The van der Waals surface area contributed by atoms with Crippen LogP contribution in [0.4, 0.5) is 5.69 Å². The highest BCUT2D eigenvalue weighted by Crippen LogP contribution is 2.23. The number of thioether (sulfide) groups is 1. The van der Waals surface area contributed by atoms with Gasteiger partial charge in [-0.1, -0.05) is 12.1 Å². The molecule has 1 aromatic rings. The first-order valence-corrected chi connectivity index (χ1v) is 6.05. The Balaban J connectivity index is 2.71. The number of carbonyl (C=O) groups excluding carboxylic acids is 1. The van der Waals surface area contributed by atoms with Crippen molar-refractivity contribution in [1.82, 2.24) is 0 Å². The minimum Gasteiger partial charge on any atom is -0.477 e. The van der Waals surface area contributed by atoms with Crippen LogP contribution in [0.2, 0.25) is 0 Å². The standard InChI is InChI=1S/C11H12N2O2S/c1-16-8-11(14)13-9-4-2-3-5-10(9)15-7-6-12/h2-5H,7-8H2,1H3,(H,13,14). The second kappa shape index (κ2) is 6.75. The molecular weight excluding hydrogens is 224 g/mol. The highest BCUT2D eigenvalue weighted by Gasteiger charge is 2.06. The summed E-state index contributed by atoms with van der Waals surface area (Å²) in [5.74, 6) is 0.825. The normalized spacial score (nSPS) is 9.25. The van der Waals surface area contributed by atoms with Crippen molar-refractivity contribution < 1.29 is 9.53 Å². The molecule has 1 amide bonds. The Morgan fingerprint density at radius 2 is 2.31 bits per heavy atom. The van der Waals surface area contributed by atoms with Crippen LogP contribution in [0.25, 0.3) is 0 Å². The molecule has 5 heteroatoms. The lowest BCUT2D eigenvalue weighted by atomic mass is 10.3. The van der Waals surface area contributed by atoms with Gasteiger partial charge in [0.25, 0.3) is 0 Å². The summed E-state index contributed by atoms with van der Waals surface area (Å²) >= 11 is 1.45. The minimum atomic E-state index is -0.0829. The van der Waals surface area contributed by atoms with E-state index < -0.39 is 0 Å². The van der Waals surface area contributed by atoms with Gasteiger partial charge in [-0.3, -0.25) is 4.79 Å². The van der Waals surface area contributed by atoms with Crippen LogP contribution in [0.1, 0.15) is 0 Å². The SMILES string of the molecule is CSCC(=O)Nc1ccccc1OCC#N. The molecule has 0 unspecified atom stereocenters. The molecule has 84 valence electrons. The molecule has 0 atom stereocenters. The second-order valence-electron chi connectivity index (χ2n) is 2.92. The number of anilines is 1. The first-order chi connectivity index (χ1) is 7.77. The van der Waals surface area contributed by atoms with Crippen LogP contribution in [0.3, 0.4) is 0 Å². The van der Waals surface area contributed by atoms with E-state index in [0.717, 1.165) is 0 Å². The molecule has 0 saturated carbocycles. The van der Waals surface area contributed by atoms with E-state index in [1.807, 2.05) is 12.3 Å². The molecule has 0 bridgehead atoms. The van der Waals surface area contributed by atoms with Crippen molar-refractivity contribution in [2.75, 3.05) is 23.9 Å². The summed E-state index contributed by atoms with van der Waals surface area (Å²) in [5, 5.41) is 11.1. The van der Waals surface area contributed by atoms with Gasteiger partial charge in [0.05, 0.1) is 11.4 Å². The van der Waals surface area contributed by atoms with Crippen molar-refractivity contribution in [3.8, 4) is 11.8 Å². The molecule has 16 heavy (non-hydrogen) atoms. The molecule has 0 saturated heterocycles. The number of carbonyl (C=O) groups is 1. The first kappa shape index (κ1) is 12.4. The molecule has 0 aliphatic rings. The molecule has 0 radical (unpaired) electrons. The first-order valence-electron chi connectivity index (χ1n) is 4.65. The van der Waals surface area contributed by atoms with Crippen molar-refractivity contribution in [1.29, 1.82) is 5.26 Å². The lowest BCUT2D eigenvalue weighted by Crippen LogP contribution is -2.14. The van der Waals surface area contributed by atoms with Crippen LogP contribution in [-0.2, 0) is 4.79 Å². The van der Waals surface area contributed by atoms with Gasteiger partial charge < -0.3 is 10.1 Å². The highest BCUT2D eigenvalue weighted by molar-refractivity contribution is 7.99. The van der Waals surface area contributed by atoms with Crippen LogP contribution in [0.5, 0.6) is 5.75 Å². The quantitative estimate of drug-likeness (QED) is 0.848. The summed E-state index contributed by atoms with van der Waals surface area (Å²) in [5.41, 5.74) is 0.594. The maximum absolute atomic E-state index is 11.4. The van der Waals surface area contributed by atoms with Gasteiger partial charge in [0.15, 0.2) is 6.61 Å². The van der Waals surface area contributed by atoms with Crippen molar-refractivity contribution in [2.24, 2.45) is 0 Å². The smallest absolute Gasteiger partial charge is 0.234 e. The zero-order chi connectivity index (χ0) is 11.8. The van der Waals surface area contributed by atoms with Crippen LogP contribution >= 0.6 is 11.8 Å². The zero-order valence-corrected chi connectivity index (χ0v) is 9.71. The Hall–Kier alpha value is -1.67. The monoisotopic (exact) mass is 236 g/mol. The topological polar surface area (TPSA) is 62.1 Å². The number of nitriles is 1. The van der Waals surface area contributed by atoms with Crippen molar-refractivity contribution >= 4 is 23.4 Å². The summed E-state index contributed by atoms with van der Waals surface area (Å²) in [6.07, 6.45) is 1.86. The number of hydrogen-bond acceptors (Lipinski definition) is 4. The molecule has 0 spiro atoms. The molecule has 0 aromatic heterocycles. The molecule has 1 rings (SSSR count). The van der Waals surface area contributed by atoms with Gasteiger partial charge in [-0.2, -0.15) is 17.0 Å². The predicted molar refractivity (Wildman–Crippen MR) is 64.6 cm³/mol. The maximum Gasteiger partial charge on any atom is 0.234 e. The van der Waals surface area contributed by atoms with Gasteiger partial charge >= 0.3 is 0 Å². The summed E-state index contributed by atoms with van der Waals surface area (Å²) in [4.78, 5) is 11.4. The van der Waals surface area contributed by atoms with Crippen molar-refractivity contribution in [3.63, 3.8) is 0 Å². The number of benzene rings is 1. The van der Waals surface area contributed by atoms with Gasteiger partial charge in [0.2, 0.25) is 5.91 Å². The van der Waals surface area contributed by atoms with Gasteiger partial charge in [0.1, 0.15) is 11.8 Å². The Labute approximate surface area is 98.6 Å². The number of hydrogen-bond donors (Lipinski definition) is 1. The van der Waals surface area contributed by atoms with Gasteiger partial charge in [-0.15, -0.1) is 0 Å². The van der Waals surface area contributed by atoms with E-state index in [4.69, 9.17) is 10.00 Å². The number of nitrogens with one attached hydrogen (secondary N) is 1. The Kier molecular flexibility index (Phi) is 5.23. The highest BCUT2D eigenvalue weighted by atomic mass is 32.2. The van der Waals surface area contributed by atoms with Crippen LogP contribution in [0, 0.1) is 11.3 Å². The van der Waals surface area contributed by atoms with Gasteiger partial charge in [0, 0.05) is 0 Å². The third-order valence-electron chi connectivity index (χ3n) is 1.73. The Bertz CT molecular complexity index is 401. The van der Waals surface area contributed by atoms with Gasteiger partial charge in [-0.05, 0) is 18.4 Å². The molecular formula is C11H12N2O2S. The molecule has 0 fully saturated rings. The summed E-state index contributed by atoms with van der Waals surface area (Å²) in [6, 6.07) is 8.93. The minimum absolute atomic E-state index is 0.0323. The summed E-state index contributed by atoms with van der Waals surface area (Å²) in [6.45, 7) is -0.0323. The lowest BCUT2D eigenvalue weighted by Gasteiger charge is -2.09. The molecule has 0 aliphatic heterocycles. The number of rotatable bonds is 5. The maximum atomic E-state index is 11.4. The molecule has 0 aliphatic carbocycles. The molecule has 4 nitrogen and oxygen atoms in total. The summed E-state index contributed by atoms with van der Waals surface area (Å²) in [7, 11) is 0. The Morgan fingerprint density at radius 1 is 1.56 bits per heavy atom. The Morgan fingerprint density at radius 3 is 3.00 bits per heavy atom. The fourth-order valence-corrected chi connectivity index (χ4v) is 1.46. The van der Waals surface area contributed by atoms with E-state index in [0.29, 0.717) is 17.2 Å². The van der Waals surface area contributed by atoms with Crippen molar-refractivity contribution in [2.45, 2.75) is 0 Å². The third kappa shape index (κ3) is 3.83. The van der Waals surface area contributed by atoms with E-state index in [9.17, 15) is 4.79 Å². The van der Waals surface area contributed by atoms with Gasteiger partial charge in [-0.25, -0.2) is 0 Å². The fourth-order valence-electron chi connectivity index (χ4n) is 1.12. The van der Waals surface area contributed by atoms with Crippen LogP contribution in [-0.4, -0.2) is 24.5 Å². The predicted octanol–water partition coefficient (Wildman–Crippen LogP) is 1.89.